The molecule has 3 N–H and O–H groups in total. The van der Waals surface area contributed by atoms with Gasteiger partial charge in [0.1, 0.15) is 0 Å². The van der Waals surface area contributed by atoms with Gasteiger partial charge in [0.15, 0.2) is 0 Å². The topological polar surface area (TPSA) is 73.5 Å². The molecule has 1 aliphatic rings. The molecule has 23 heavy (non-hydrogen) atoms. The number of carbonyl (C=O) groups excluding carboxylic acids is 2. The van der Waals surface area contributed by atoms with Gasteiger partial charge in [-0.25, -0.2) is 0 Å². The molecule has 1 unspecified atom stereocenters. The zero-order valence-electron chi connectivity index (χ0n) is 13.9. The van der Waals surface area contributed by atoms with Crippen molar-refractivity contribution in [3.05, 3.63) is 29.8 Å². The average Bonchev–Trinajstić information content (AvgIpc) is 2.55. The summed E-state index contributed by atoms with van der Waals surface area (Å²) in [6.07, 6.45) is 2.26. The van der Waals surface area contributed by atoms with E-state index >= 15 is 0 Å². The van der Waals surface area contributed by atoms with E-state index in [-0.39, 0.29) is 11.8 Å². The van der Waals surface area contributed by atoms with Gasteiger partial charge in [0.2, 0.25) is 5.91 Å². The van der Waals surface area contributed by atoms with Crippen molar-refractivity contribution in [1.82, 2.24) is 15.5 Å². The maximum Gasteiger partial charge on any atom is 0.251 e. The van der Waals surface area contributed by atoms with Gasteiger partial charge in [-0.3, -0.25) is 14.5 Å². The predicted molar refractivity (Wildman–Crippen MR) is 91.6 cm³/mol. The highest BCUT2D eigenvalue weighted by Crippen LogP contribution is 2.12. The van der Waals surface area contributed by atoms with Crippen LogP contribution >= 0.6 is 0 Å². The van der Waals surface area contributed by atoms with Crippen LogP contribution in [0.15, 0.2) is 24.3 Å². The molecule has 1 aliphatic heterocycles. The van der Waals surface area contributed by atoms with E-state index in [2.05, 4.69) is 20.9 Å². The number of likely N-dealkylation sites (N-methyl/N-ethyl adjacent to an activating group) is 1. The quantitative estimate of drug-likeness (QED) is 0.733. The lowest BCUT2D eigenvalue weighted by molar-refractivity contribution is -0.117. The number of piperidine rings is 1. The van der Waals surface area contributed by atoms with Crippen LogP contribution in [0.2, 0.25) is 0 Å². The fraction of sp³-hybridized carbons (Fsp3) is 0.529. The molecule has 1 aromatic rings. The Bertz CT molecular complexity index is 547. The Morgan fingerprint density at radius 3 is 2.91 bits per heavy atom. The minimum Gasteiger partial charge on any atom is -0.352 e. The normalized spacial score (nSPS) is 18.4. The van der Waals surface area contributed by atoms with Gasteiger partial charge >= 0.3 is 0 Å². The smallest absolute Gasteiger partial charge is 0.251 e. The molecule has 6 heteroatoms. The van der Waals surface area contributed by atoms with Crippen molar-refractivity contribution < 1.29 is 9.59 Å². The first-order valence-electron chi connectivity index (χ1n) is 8.20. The van der Waals surface area contributed by atoms with Crippen LogP contribution in [0.1, 0.15) is 30.1 Å². The summed E-state index contributed by atoms with van der Waals surface area (Å²) >= 11 is 0. The summed E-state index contributed by atoms with van der Waals surface area (Å²) in [5.74, 6) is -0.175. The summed E-state index contributed by atoms with van der Waals surface area (Å²) in [6, 6.07) is 7.47. The molecule has 1 saturated heterocycles. The van der Waals surface area contributed by atoms with Gasteiger partial charge in [-0.15, -0.1) is 0 Å². The Kier molecular flexibility index (Phi) is 6.55. The van der Waals surface area contributed by atoms with Gasteiger partial charge in [-0.1, -0.05) is 6.07 Å². The molecule has 1 heterocycles. The van der Waals surface area contributed by atoms with E-state index < -0.39 is 0 Å². The molecule has 0 aromatic heterocycles. The maximum atomic E-state index is 12.2. The van der Waals surface area contributed by atoms with Crippen molar-refractivity contribution in [3.63, 3.8) is 0 Å². The first kappa shape index (κ1) is 17.4. The van der Waals surface area contributed by atoms with Crippen molar-refractivity contribution in [3.8, 4) is 0 Å². The highest BCUT2D eigenvalue weighted by atomic mass is 16.2. The van der Waals surface area contributed by atoms with Crippen LogP contribution in [-0.2, 0) is 4.79 Å². The van der Waals surface area contributed by atoms with Gasteiger partial charge in [0, 0.05) is 30.4 Å². The second kappa shape index (κ2) is 8.64. The number of rotatable bonds is 6. The molecule has 1 fully saturated rings. The van der Waals surface area contributed by atoms with Crippen molar-refractivity contribution in [2.45, 2.75) is 25.8 Å². The van der Waals surface area contributed by atoms with E-state index in [9.17, 15) is 9.59 Å². The van der Waals surface area contributed by atoms with Crippen LogP contribution in [0.4, 0.5) is 5.69 Å². The Labute approximate surface area is 137 Å². The minimum atomic E-state index is -0.128. The second-order valence-electron chi connectivity index (χ2n) is 5.85. The van der Waals surface area contributed by atoms with Crippen molar-refractivity contribution >= 4 is 17.5 Å². The number of hydrogen-bond acceptors (Lipinski definition) is 4. The highest BCUT2D eigenvalue weighted by molar-refractivity contribution is 5.97. The van der Waals surface area contributed by atoms with Gasteiger partial charge in [-0.05, 0) is 51.6 Å². The molecule has 0 radical (unpaired) electrons. The van der Waals surface area contributed by atoms with E-state index in [0.717, 1.165) is 25.9 Å². The molecule has 2 amide bonds. The minimum absolute atomic E-state index is 0.0465. The zero-order chi connectivity index (χ0) is 16.7. The number of amides is 2. The Balaban J connectivity index is 1.90. The lowest BCUT2D eigenvalue weighted by atomic mass is 10.1. The third kappa shape index (κ3) is 5.33. The number of hydrogen-bond donors (Lipinski definition) is 3. The molecule has 1 atom stereocenters. The van der Waals surface area contributed by atoms with Crippen molar-refractivity contribution in [1.29, 1.82) is 0 Å². The summed E-state index contributed by atoms with van der Waals surface area (Å²) in [7, 11) is 1.96. The molecule has 126 valence electrons. The van der Waals surface area contributed by atoms with E-state index in [1.165, 1.54) is 0 Å². The van der Waals surface area contributed by atoms with E-state index in [0.29, 0.717) is 30.4 Å². The number of nitrogens with zero attached hydrogens (tertiary/aromatic N) is 1. The molecule has 2 rings (SSSR count). The standard InChI is InChI=1S/C17H26N4O2/c1-3-19-17(23)13-6-4-7-14(10-13)20-16(22)12-21-9-5-8-15(11-21)18-2/h4,6-7,10,15,18H,3,5,8-9,11-12H2,1-2H3,(H,19,23)(H,20,22). The summed E-state index contributed by atoms with van der Waals surface area (Å²) in [6.45, 7) is 4.68. The van der Waals surface area contributed by atoms with E-state index in [4.69, 9.17) is 0 Å². The van der Waals surface area contributed by atoms with Crippen molar-refractivity contribution in [2.24, 2.45) is 0 Å². The average molecular weight is 318 g/mol. The zero-order valence-corrected chi connectivity index (χ0v) is 13.9. The lowest BCUT2D eigenvalue weighted by Gasteiger charge is -2.31. The predicted octanol–water partition coefficient (Wildman–Crippen LogP) is 1.06. The second-order valence-corrected chi connectivity index (χ2v) is 5.85. The molecule has 0 aliphatic carbocycles. The van der Waals surface area contributed by atoms with Crippen LogP contribution in [-0.4, -0.2) is 56.0 Å². The number of likely N-dealkylation sites (tertiary alicyclic amines) is 1. The van der Waals surface area contributed by atoms with Crippen molar-refractivity contribution in [2.75, 3.05) is 38.5 Å². The van der Waals surface area contributed by atoms with Gasteiger partial charge in [-0.2, -0.15) is 0 Å². The van der Waals surface area contributed by atoms with Crippen LogP contribution < -0.4 is 16.0 Å². The largest absolute Gasteiger partial charge is 0.352 e. The summed E-state index contributed by atoms with van der Waals surface area (Å²) in [5, 5.41) is 8.90. The molecule has 0 saturated carbocycles. The Morgan fingerprint density at radius 1 is 1.35 bits per heavy atom. The molecule has 6 nitrogen and oxygen atoms in total. The molecule has 0 bridgehead atoms. The highest BCUT2D eigenvalue weighted by Gasteiger charge is 2.20. The molecule has 0 spiro atoms. The number of carbonyl (C=O) groups is 2. The van der Waals surface area contributed by atoms with Crippen LogP contribution in [0.5, 0.6) is 0 Å². The third-order valence-corrected chi connectivity index (χ3v) is 4.03. The van der Waals surface area contributed by atoms with Crippen LogP contribution in [0.3, 0.4) is 0 Å². The summed E-state index contributed by atoms with van der Waals surface area (Å²) < 4.78 is 0. The molecular formula is C17H26N4O2. The lowest BCUT2D eigenvalue weighted by Crippen LogP contribution is -2.46. The third-order valence-electron chi connectivity index (χ3n) is 4.03. The maximum absolute atomic E-state index is 12.2. The SMILES string of the molecule is CCNC(=O)c1cccc(NC(=O)CN2CCCC(NC)C2)c1. The Morgan fingerprint density at radius 2 is 2.17 bits per heavy atom. The monoisotopic (exact) mass is 318 g/mol. The van der Waals surface area contributed by atoms with Gasteiger partial charge in [0.25, 0.3) is 5.91 Å². The van der Waals surface area contributed by atoms with Gasteiger partial charge in [0.05, 0.1) is 6.54 Å². The number of nitrogens with one attached hydrogen (secondary N) is 3. The first-order chi connectivity index (χ1) is 11.1. The fourth-order valence-corrected chi connectivity index (χ4v) is 2.84. The van der Waals surface area contributed by atoms with E-state index in [1.54, 1.807) is 24.3 Å². The molecular weight excluding hydrogens is 292 g/mol. The van der Waals surface area contributed by atoms with Gasteiger partial charge < -0.3 is 16.0 Å². The Hall–Kier alpha value is -1.92. The molecule has 1 aromatic carbocycles. The summed E-state index contributed by atoms with van der Waals surface area (Å²) in [4.78, 5) is 26.2. The van der Waals surface area contributed by atoms with Crippen LogP contribution in [0, 0.1) is 0 Å². The summed E-state index contributed by atoms with van der Waals surface area (Å²) in [5.41, 5.74) is 1.21. The number of benzene rings is 1. The van der Waals surface area contributed by atoms with E-state index in [1.807, 2.05) is 14.0 Å². The number of anilines is 1. The first-order valence-corrected chi connectivity index (χ1v) is 8.20. The van der Waals surface area contributed by atoms with Crippen LogP contribution in [0.25, 0.3) is 0 Å². The fourth-order valence-electron chi connectivity index (χ4n) is 2.84.